The lowest BCUT2D eigenvalue weighted by Gasteiger charge is -2.07. The first-order chi connectivity index (χ1) is 6.14. The molecule has 1 unspecified atom stereocenters. The zero-order valence-corrected chi connectivity index (χ0v) is 8.44. The van der Waals surface area contributed by atoms with Gasteiger partial charge in [0, 0.05) is 13.0 Å². The molecule has 1 fully saturated rings. The fourth-order valence-corrected chi connectivity index (χ4v) is 3.36. The van der Waals surface area contributed by atoms with Crippen molar-refractivity contribution in [1.29, 1.82) is 0 Å². The molecule has 0 saturated carbocycles. The summed E-state index contributed by atoms with van der Waals surface area (Å²) in [5.41, 5.74) is 0. The smallest absolute Gasteiger partial charge is 0.150 e. The van der Waals surface area contributed by atoms with Crippen molar-refractivity contribution in [3.63, 3.8) is 0 Å². The Labute approximate surface area is 79.8 Å². The van der Waals surface area contributed by atoms with E-state index in [4.69, 9.17) is 6.42 Å². The topological polar surface area (TPSA) is 46.2 Å². The van der Waals surface area contributed by atoms with Crippen LogP contribution in [0.5, 0.6) is 0 Å². The SMILES string of the molecule is C#CCCNCC1CCS(=O)(=O)C1. The van der Waals surface area contributed by atoms with Crippen LogP contribution in [0.3, 0.4) is 0 Å². The number of hydrogen-bond donors (Lipinski definition) is 1. The van der Waals surface area contributed by atoms with Gasteiger partial charge in [0.25, 0.3) is 0 Å². The Morgan fingerprint density at radius 1 is 1.54 bits per heavy atom. The molecule has 0 bridgehead atoms. The molecule has 1 rings (SSSR count). The van der Waals surface area contributed by atoms with Crippen LogP contribution in [0.4, 0.5) is 0 Å². The number of terminal acetylenes is 1. The summed E-state index contributed by atoms with van der Waals surface area (Å²) in [6.45, 7) is 1.56. The average Bonchev–Trinajstić information content (AvgIpc) is 2.40. The molecule has 0 amide bonds. The van der Waals surface area contributed by atoms with Crippen LogP contribution >= 0.6 is 0 Å². The molecule has 0 aromatic carbocycles. The molecule has 74 valence electrons. The van der Waals surface area contributed by atoms with Gasteiger partial charge >= 0.3 is 0 Å². The zero-order chi connectivity index (χ0) is 9.73. The lowest BCUT2D eigenvalue weighted by Crippen LogP contribution is -2.24. The predicted octanol–water partition coefficient (Wildman–Crippen LogP) is 0.0340. The molecule has 1 atom stereocenters. The van der Waals surface area contributed by atoms with Crippen LogP contribution in [0.25, 0.3) is 0 Å². The van der Waals surface area contributed by atoms with Gasteiger partial charge in [-0.05, 0) is 18.9 Å². The van der Waals surface area contributed by atoms with Crippen LogP contribution in [0.2, 0.25) is 0 Å². The van der Waals surface area contributed by atoms with Gasteiger partial charge in [0.1, 0.15) is 0 Å². The summed E-state index contributed by atoms with van der Waals surface area (Å²) in [5.74, 6) is 3.52. The minimum Gasteiger partial charge on any atom is -0.315 e. The van der Waals surface area contributed by atoms with Gasteiger partial charge in [0.2, 0.25) is 0 Å². The minimum atomic E-state index is -2.72. The second-order valence-electron chi connectivity index (χ2n) is 3.43. The fraction of sp³-hybridized carbons (Fsp3) is 0.778. The standard InChI is InChI=1S/C9H15NO2S/c1-2-3-5-10-7-9-4-6-13(11,12)8-9/h1,9-10H,3-8H2. The van der Waals surface area contributed by atoms with Crippen molar-refractivity contribution in [2.45, 2.75) is 12.8 Å². The molecule has 1 saturated heterocycles. The highest BCUT2D eigenvalue weighted by molar-refractivity contribution is 7.91. The molecular formula is C9H15NO2S. The summed E-state index contributed by atoms with van der Waals surface area (Å²) >= 11 is 0. The monoisotopic (exact) mass is 201 g/mol. The third kappa shape index (κ3) is 3.79. The van der Waals surface area contributed by atoms with E-state index in [9.17, 15) is 8.42 Å². The van der Waals surface area contributed by atoms with Crippen molar-refractivity contribution in [3.05, 3.63) is 0 Å². The van der Waals surface area contributed by atoms with E-state index in [0.717, 1.165) is 19.5 Å². The molecule has 1 heterocycles. The van der Waals surface area contributed by atoms with E-state index in [0.29, 0.717) is 23.8 Å². The lowest BCUT2D eigenvalue weighted by atomic mass is 10.1. The second kappa shape index (κ2) is 4.64. The second-order valence-corrected chi connectivity index (χ2v) is 5.66. The molecular weight excluding hydrogens is 186 g/mol. The van der Waals surface area contributed by atoms with Crippen molar-refractivity contribution in [1.82, 2.24) is 5.32 Å². The lowest BCUT2D eigenvalue weighted by molar-refractivity contribution is 0.526. The van der Waals surface area contributed by atoms with Crippen LogP contribution in [0.15, 0.2) is 0 Å². The molecule has 4 heteroatoms. The minimum absolute atomic E-state index is 0.294. The Morgan fingerprint density at radius 3 is 2.85 bits per heavy atom. The summed E-state index contributed by atoms with van der Waals surface area (Å²) in [5, 5.41) is 3.16. The van der Waals surface area contributed by atoms with Gasteiger partial charge in [-0.15, -0.1) is 12.3 Å². The molecule has 13 heavy (non-hydrogen) atoms. The van der Waals surface area contributed by atoms with Crippen molar-refractivity contribution >= 4 is 9.84 Å². The molecule has 3 nitrogen and oxygen atoms in total. The van der Waals surface area contributed by atoms with Gasteiger partial charge in [-0.1, -0.05) is 0 Å². The molecule has 0 aromatic rings. The first-order valence-corrected chi connectivity index (χ1v) is 6.31. The third-order valence-corrected chi connectivity index (χ3v) is 4.04. The van der Waals surface area contributed by atoms with Crippen molar-refractivity contribution in [2.24, 2.45) is 5.92 Å². The summed E-state index contributed by atoms with van der Waals surface area (Å²) < 4.78 is 22.1. The van der Waals surface area contributed by atoms with E-state index >= 15 is 0 Å². The van der Waals surface area contributed by atoms with E-state index in [1.807, 2.05) is 0 Å². The molecule has 1 aliphatic heterocycles. The Kier molecular flexibility index (Phi) is 3.76. The predicted molar refractivity (Wildman–Crippen MR) is 53.1 cm³/mol. The Morgan fingerprint density at radius 2 is 2.31 bits per heavy atom. The van der Waals surface area contributed by atoms with Crippen molar-refractivity contribution in [2.75, 3.05) is 24.6 Å². The van der Waals surface area contributed by atoms with Crippen LogP contribution < -0.4 is 5.32 Å². The van der Waals surface area contributed by atoms with E-state index in [1.165, 1.54) is 0 Å². The van der Waals surface area contributed by atoms with Gasteiger partial charge in [0.15, 0.2) is 9.84 Å². The van der Waals surface area contributed by atoms with Gasteiger partial charge in [-0.2, -0.15) is 0 Å². The molecule has 0 spiro atoms. The maximum Gasteiger partial charge on any atom is 0.150 e. The maximum absolute atomic E-state index is 11.1. The van der Waals surface area contributed by atoms with E-state index in [2.05, 4.69) is 11.2 Å². The van der Waals surface area contributed by atoms with Crippen LogP contribution in [-0.2, 0) is 9.84 Å². The molecule has 1 N–H and O–H groups in total. The summed E-state index contributed by atoms with van der Waals surface area (Å²) in [4.78, 5) is 0. The van der Waals surface area contributed by atoms with E-state index < -0.39 is 9.84 Å². The van der Waals surface area contributed by atoms with Crippen LogP contribution in [0.1, 0.15) is 12.8 Å². The Bertz CT molecular complexity index is 289. The number of rotatable bonds is 4. The quantitative estimate of drug-likeness (QED) is 0.516. The number of nitrogens with one attached hydrogen (secondary N) is 1. The van der Waals surface area contributed by atoms with Gasteiger partial charge < -0.3 is 5.32 Å². The highest BCUT2D eigenvalue weighted by Gasteiger charge is 2.26. The zero-order valence-electron chi connectivity index (χ0n) is 7.62. The molecule has 0 aliphatic carbocycles. The van der Waals surface area contributed by atoms with Gasteiger partial charge in [0.05, 0.1) is 11.5 Å². The normalized spacial score (nSPS) is 25.6. The summed E-state index contributed by atoms with van der Waals surface area (Å²) in [6.07, 6.45) is 6.58. The van der Waals surface area contributed by atoms with E-state index in [-0.39, 0.29) is 0 Å². The first kappa shape index (κ1) is 10.6. The van der Waals surface area contributed by atoms with E-state index in [1.54, 1.807) is 0 Å². The molecule has 0 radical (unpaired) electrons. The highest BCUT2D eigenvalue weighted by atomic mass is 32.2. The summed E-state index contributed by atoms with van der Waals surface area (Å²) in [6, 6.07) is 0. The Balaban J connectivity index is 2.15. The van der Waals surface area contributed by atoms with Crippen LogP contribution in [-0.4, -0.2) is 33.0 Å². The third-order valence-electron chi connectivity index (χ3n) is 2.21. The highest BCUT2D eigenvalue weighted by Crippen LogP contribution is 2.17. The molecule has 0 aromatic heterocycles. The van der Waals surface area contributed by atoms with Crippen molar-refractivity contribution < 1.29 is 8.42 Å². The Hall–Kier alpha value is -0.530. The van der Waals surface area contributed by atoms with Crippen LogP contribution in [0, 0.1) is 18.3 Å². The van der Waals surface area contributed by atoms with Gasteiger partial charge in [-0.3, -0.25) is 0 Å². The average molecular weight is 201 g/mol. The number of sulfone groups is 1. The summed E-state index contributed by atoms with van der Waals surface area (Å²) in [7, 11) is -2.72. The maximum atomic E-state index is 11.1. The van der Waals surface area contributed by atoms with Crippen molar-refractivity contribution in [3.8, 4) is 12.3 Å². The fourth-order valence-electron chi connectivity index (χ4n) is 1.50. The number of hydrogen-bond acceptors (Lipinski definition) is 3. The van der Waals surface area contributed by atoms with Gasteiger partial charge in [-0.25, -0.2) is 8.42 Å². The molecule has 1 aliphatic rings. The first-order valence-electron chi connectivity index (χ1n) is 4.48. The largest absolute Gasteiger partial charge is 0.315 e.